The molecular formula is C6H14O3S. The second-order valence-corrected chi connectivity index (χ2v) is 4.56. The van der Waals surface area contributed by atoms with Crippen molar-refractivity contribution in [2.75, 3.05) is 25.2 Å². The molecule has 0 saturated carbocycles. The molecule has 0 aliphatic rings. The molecule has 10 heavy (non-hydrogen) atoms. The van der Waals surface area contributed by atoms with E-state index in [1.165, 1.54) is 0 Å². The maximum Gasteiger partial charge on any atom is 0.150 e. The summed E-state index contributed by atoms with van der Waals surface area (Å²) in [6.07, 6.45) is 0.604. The number of hydrogen-bond donors (Lipinski definition) is 0. The molecule has 0 bridgehead atoms. The van der Waals surface area contributed by atoms with E-state index < -0.39 is 9.84 Å². The van der Waals surface area contributed by atoms with Crippen molar-refractivity contribution in [3.8, 4) is 0 Å². The number of methoxy groups -OCH3 is 1. The van der Waals surface area contributed by atoms with Gasteiger partial charge in [0.2, 0.25) is 0 Å². The summed E-state index contributed by atoms with van der Waals surface area (Å²) in [6.45, 7) is 2.18. The first-order valence-electron chi connectivity index (χ1n) is 3.31. The molecular weight excluding hydrogens is 152 g/mol. The lowest BCUT2D eigenvalue weighted by atomic mass is 10.5. The Morgan fingerprint density at radius 1 is 1.40 bits per heavy atom. The quantitative estimate of drug-likeness (QED) is 0.557. The van der Waals surface area contributed by atoms with E-state index in [1.807, 2.05) is 0 Å². The van der Waals surface area contributed by atoms with Gasteiger partial charge in [-0.15, -0.1) is 0 Å². The van der Waals surface area contributed by atoms with Crippen molar-refractivity contribution in [1.29, 1.82) is 0 Å². The molecule has 0 aliphatic carbocycles. The van der Waals surface area contributed by atoms with Gasteiger partial charge in [0.15, 0.2) is 0 Å². The fourth-order valence-corrected chi connectivity index (χ4v) is 1.41. The van der Waals surface area contributed by atoms with Crippen LogP contribution in [-0.2, 0) is 14.6 Å². The second-order valence-electron chi connectivity index (χ2n) is 2.08. The Labute approximate surface area is 62.3 Å². The lowest BCUT2D eigenvalue weighted by Crippen LogP contribution is -2.10. The molecule has 0 heterocycles. The normalized spacial score (nSPS) is 11.8. The summed E-state index contributed by atoms with van der Waals surface area (Å²) in [7, 11) is -1.20. The molecule has 62 valence electrons. The second kappa shape index (κ2) is 4.68. The van der Waals surface area contributed by atoms with Crippen LogP contribution in [0.5, 0.6) is 0 Å². The molecule has 0 rings (SSSR count). The van der Waals surface area contributed by atoms with E-state index in [0.717, 1.165) is 0 Å². The Morgan fingerprint density at radius 2 is 2.00 bits per heavy atom. The van der Waals surface area contributed by atoms with Crippen LogP contribution in [0, 0.1) is 0 Å². The van der Waals surface area contributed by atoms with Crippen molar-refractivity contribution >= 4 is 9.84 Å². The predicted octanol–water partition coefficient (Wildman–Crippen LogP) is 0.458. The van der Waals surface area contributed by atoms with E-state index in [4.69, 9.17) is 4.74 Å². The van der Waals surface area contributed by atoms with Gasteiger partial charge in [-0.2, -0.15) is 0 Å². The van der Waals surface area contributed by atoms with Crippen LogP contribution in [0.25, 0.3) is 0 Å². The summed E-state index contributed by atoms with van der Waals surface area (Å²) in [5, 5.41) is 0. The first-order valence-corrected chi connectivity index (χ1v) is 5.14. The fraction of sp³-hybridized carbons (Fsp3) is 1.00. The average Bonchev–Trinajstić information content (AvgIpc) is 1.89. The number of sulfone groups is 1. The zero-order valence-corrected chi connectivity index (χ0v) is 7.28. The molecule has 0 amide bonds. The van der Waals surface area contributed by atoms with Crippen molar-refractivity contribution in [3.63, 3.8) is 0 Å². The van der Waals surface area contributed by atoms with Gasteiger partial charge < -0.3 is 4.74 Å². The highest BCUT2D eigenvalue weighted by molar-refractivity contribution is 7.91. The zero-order valence-electron chi connectivity index (χ0n) is 6.46. The SMILES string of the molecule is CCS(=O)(=O)CCCOC. The lowest BCUT2D eigenvalue weighted by Gasteiger charge is -1.98. The standard InChI is InChI=1S/C6H14O3S/c1-3-10(7,8)6-4-5-9-2/h3-6H2,1-2H3. The van der Waals surface area contributed by atoms with Gasteiger partial charge in [0.1, 0.15) is 9.84 Å². The third-order valence-electron chi connectivity index (χ3n) is 1.24. The van der Waals surface area contributed by atoms with Crippen LogP contribution in [0.3, 0.4) is 0 Å². The summed E-state index contributed by atoms with van der Waals surface area (Å²) in [5.41, 5.74) is 0. The van der Waals surface area contributed by atoms with Gasteiger partial charge in [0.25, 0.3) is 0 Å². The third kappa shape index (κ3) is 4.76. The van der Waals surface area contributed by atoms with E-state index in [1.54, 1.807) is 14.0 Å². The maximum atomic E-state index is 10.8. The average molecular weight is 166 g/mol. The minimum atomic E-state index is -2.77. The first-order chi connectivity index (χ1) is 4.62. The lowest BCUT2D eigenvalue weighted by molar-refractivity contribution is 0.199. The predicted molar refractivity (Wildman–Crippen MR) is 40.8 cm³/mol. The highest BCUT2D eigenvalue weighted by Gasteiger charge is 2.05. The van der Waals surface area contributed by atoms with Gasteiger partial charge in [-0.3, -0.25) is 0 Å². The minimum Gasteiger partial charge on any atom is -0.385 e. The van der Waals surface area contributed by atoms with Crippen LogP contribution < -0.4 is 0 Å². The zero-order chi connectivity index (χ0) is 8.04. The van der Waals surface area contributed by atoms with E-state index in [9.17, 15) is 8.42 Å². The fourth-order valence-electron chi connectivity index (χ4n) is 0.568. The van der Waals surface area contributed by atoms with Crippen molar-refractivity contribution in [2.45, 2.75) is 13.3 Å². The topological polar surface area (TPSA) is 43.4 Å². The summed E-state index contributed by atoms with van der Waals surface area (Å²) in [5.74, 6) is 0.480. The van der Waals surface area contributed by atoms with Gasteiger partial charge in [-0.25, -0.2) is 8.42 Å². The summed E-state index contributed by atoms with van der Waals surface area (Å²) < 4.78 is 26.4. The van der Waals surface area contributed by atoms with Crippen LogP contribution in [0.15, 0.2) is 0 Å². The van der Waals surface area contributed by atoms with Crippen LogP contribution in [-0.4, -0.2) is 33.6 Å². The summed E-state index contributed by atoms with van der Waals surface area (Å²) >= 11 is 0. The van der Waals surface area contributed by atoms with Gasteiger partial charge in [0.05, 0.1) is 5.75 Å². The highest BCUT2D eigenvalue weighted by Crippen LogP contribution is 1.92. The first kappa shape index (κ1) is 9.91. The smallest absolute Gasteiger partial charge is 0.150 e. The van der Waals surface area contributed by atoms with Crippen LogP contribution >= 0.6 is 0 Å². The van der Waals surface area contributed by atoms with Crippen molar-refractivity contribution in [1.82, 2.24) is 0 Å². The van der Waals surface area contributed by atoms with E-state index >= 15 is 0 Å². The molecule has 0 fully saturated rings. The monoisotopic (exact) mass is 166 g/mol. The molecule has 0 atom stereocenters. The molecule has 0 N–H and O–H groups in total. The van der Waals surface area contributed by atoms with Gasteiger partial charge >= 0.3 is 0 Å². The summed E-state index contributed by atoms with van der Waals surface area (Å²) in [4.78, 5) is 0. The molecule has 0 aliphatic heterocycles. The van der Waals surface area contributed by atoms with Gasteiger partial charge in [0, 0.05) is 19.5 Å². The minimum absolute atomic E-state index is 0.233. The van der Waals surface area contributed by atoms with Gasteiger partial charge in [-0.05, 0) is 6.42 Å². The van der Waals surface area contributed by atoms with E-state index in [2.05, 4.69) is 0 Å². The Morgan fingerprint density at radius 3 is 2.40 bits per heavy atom. The molecule has 0 aromatic heterocycles. The van der Waals surface area contributed by atoms with Gasteiger partial charge in [-0.1, -0.05) is 6.92 Å². The van der Waals surface area contributed by atoms with Crippen molar-refractivity contribution in [3.05, 3.63) is 0 Å². The molecule has 0 aromatic rings. The molecule has 0 aromatic carbocycles. The van der Waals surface area contributed by atoms with Crippen LogP contribution in [0.1, 0.15) is 13.3 Å². The molecule has 4 heteroatoms. The van der Waals surface area contributed by atoms with Crippen LogP contribution in [0.2, 0.25) is 0 Å². The number of ether oxygens (including phenoxy) is 1. The van der Waals surface area contributed by atoms with E-state index in [0.29, 0.717) is 13.0 Å². The van der Waals surface area contributed by atoms with Crippen LogP contribution in [0.4, 0.5) is 0 Å². The molecule has 0 unspecified atom stereocenters. The number of hydrogen-bond acceptors (Lipinski definition) is 3. The van der Waals surface area contributed by atoms with E-state index in [-0.39, 0.29) is 11.5 Å². The maximum absolute atomic E-state index is 10.8. The Bertz CT molecular complexity index is 160. The van der Waals surface area contributed by atoms with Crippen molar-refractivity contribution in [2.24, 2.45) is 0 Å². The number of rotatable bonds is 5. The molecule has 0 radical (unpaired) electrons. The molecule has 3 nitrogen and oxygen atoms in total. The molecule has 0 saturated heterocycles. The summed E-state index contributed by atoms with van der Waals surface area (Å²) in [6, 6.07) is 0. The third-order valence-corrected chi connectivity index (χ3v) is 3.03. The highest BCUT2D eigenvalue weighted by atomic mass is 32.2. The largest absolute Gasteiger partial charge is 0.385 e. The Kier molecular flexibility index (Phi) is 4.64. The molecule has 0 spiro atoms. The Hall–Kier alpha value is -0.0900. The van der Waals surface area contributed by atoms with Crippen molar-refractivity contribution < 1.29 is 13.2 Å². The Balaban J connectivity index is 3.49.